The van der Waals surface area contributed by atoms with Crippen molar-refractivity contribution in [3.63, 3.8) is 0 Å². The maximum absolute atomic E-state index is 13.9. The number of ether oxygens (including phenoxy) is 2. The van der Waals surface area contributed by atoms with Crippen LogP contribution in [-0.2, 0) is 27.4 Å². The van der Waals surface area contributed by atoms with Gasteiger partial charge in [0.05, 0.1) is 0 Å². The number of amides is 2. The van der Waals surface area contributed by atoms with Gasteiger partial charge >= 0.3 is 12.1 Å². The summed E-state index contributed by atoms with van der Waals surface area (Å²) < 4.78 is 12.6. The molecule has 2 atom stereocenters. The fourth-order valence-electron chi connectivity index (χ4n) is 5.39. The first kappa shape index (κ1) is 29.7. The number of hydrogen-bond donors (Lipinski definition) is 2. The molecule has 1 aromatic heterocycles. The number of nitrogens with zero attached hydrogens (tertiary/aromatic N) is 4. The van der Waals surface area contributed by atoms with Gasteiger partial charge in [-0.25, -0.2) is 14.3 Å². The lowest BCUT2D eigenvalue weighted by Gasteiger charge is -2.35. The fourth-order valence-corrected chi connectivity index (χ4v) is 5.59. The number of piperidine rings is 1. The molecule has 12 heteroatoms. The number of carbonyl (C=O) groups is 3. The maximum atomic E-state index is 13.9. The summed E-state index contributed by atoms with van der Waals surface area (Å²) in [5.41, 5.74) is 1.02. The van der Waals surface area contributed by atoms with Crippen molar-refractivity contribution < 1.29 is 29.0 Å². The molecule has 2 fully saturated rings. The Balaban J connectivity index is 1.73. The monoisotopic (exact) mass is 575 g/mol. The second kappa shape index (κ2) is 12.5. The van der Waals surface area contributed by atoms with Crippen LogP contribution in [0.2, 0.25) is 5.02 Å². The number of carboxylic acid groups (broad SMARTS) is 1. The van der Waals surface area contributed by atoms with Crippen LogP contribution in [0.3, 0.4) is 0 Å². The number of rotatable bonds is 8. The first-order valence-corrected chi connectivity index (χ1v) is 14.0. The number of benzene rings is 1. The van der Waals surface area contributed by atoms with E-state index in [4.69, 9.17) is 21.1 Å². The number of carboxylic acids is 1. The number of likely N-dealkylation sites (tertiary alicyclic amines) is 1. The second-order valence-electron chi connectivity index (χ2n) is 11.3. The van der Waals surface area contributed by atoms with E-state index in [2.05, 4.69) is 15.3 Å². The van der Waals surface area contributed by atoms with E-state index in [1.807, 2.05) is 39.0 Å². The molecule has 0 spiro atoms. The van der Waals surface area contributed by atoms with Gasteiger partial charge in [-0.2, -0.15) is 5.10 Å². The molecule has 4 rings (SSSR count). The number of halogens is 1. The number of anilines is 1. The van der Waals surface area contributed by atoms with Crippen molar-refractivity contribution in [1.29, 1.82) is 0 Å². The molecule has 1 unspecified atom stereocenters. The summed E-state index contributed by atoms with van der Waals surface area (Å²) in [7, 11) is 1.55. The van der Waals surface area contributed by atoms with Gasteiger partial charge in [0.25, 0.3) is 5.91 Å². The zero-order valence-electron chi connectivity index (χ0n) is 23.5. The zero-order chi connectivity index (χ0) is 29.0. The van der Waals surface area contributed by atoms with E-state index in [1.54, 1.807) is 17.9 Å². The predicted octanol–water partition coefficient (Wildman–Crippen LogP) is 3.91. The topological polar surface area (TPSA) is 126 Å². The third kappa shape index (κ3) is 6.87. The smallest absolute Gasteiger partial charge is 0.407 e. The fraction of sp³-hybridized carbons (Fsp3) is 0.571. The Morgan fingerprint density at radius 1 is 1.15 bits per heavy atom. The van der Waals surface area contributed by atoms with Crippen molar-refractivity contribution in [1.82, 2.24) is 20.0 Å². The highest BCUT2D eigenvalue weighted by atomic mass is 35.5. The van der Waals surface area contributed by atoms with Gasteiger partial charge in [-0.15, -0.1) is 0 Å². The van der Waals surface area contributed by atoms with E-state index in [-0.39, 0.29) is 18.5 Å². The Kier molecular flexibility index (Phi) is 9.25. The number of hydrogen-bond acceptors (Lipinski definition) is 7. The van der Waals surface area contributed by atoms with Gasteiger partial charge in [-0.1, -0.05) is 29.8 Å². The van der Waals surface area contributed by atoms with Crippen LogP contribution in [0, 0.1) is 0 Å². The molecule has 11 nitrogen and oxygen atoms in total. The SMILES string of the molecule is COCn1nc(C(=O)N2CCCC2C(=O)O)c(Cc2ccccc2Cl)c1N1CCC[C@@H](NC(=O)OC(C)(C)C)C1. The van der Waals surface area contributed by atoms with Crippen LogP contribution in [0.15, 0.2) is 24.3 Å². The molecule has 2 aliphatic rings. The number of aliphatic carboxylic acids is 1. The molecule has 0 saturated carbocycles. The van der Waals surface area contributed by atoms with Gasteiger partial charge < -0.3 is 29.7 Å². The van der Waals surface area contributed by atoms with Crippen molar-refractivity contribution in [3.05, 3.63) is 46.1 Å². The highest BCUT2D eigenvalue weighted by Crippen LogP contribution is 2.33. The molecule has 2 N–H and O–H groups in total. The van der Waals surface area contributed by atoms with Gasteiger partial charge in [-0.05, 0) is 58.1 Å². The van der Waals surface area contributed by atoms with Crippen LogP contribution in [0.25, 0.3) is 0 Å². The molecule has 2 saturated heterocycles. The largest absolute Gasteiger partial charge is 0.480 e. The second-order valence-corrected chi connectivity index (χ2v) is 11.7. The molecular formula is C28H38ClN5O6. The summed E-state index contributed by atoms with van der Waals surface area (Å²) in [6.45, 7) is 7.03. The van der Waals surface area contributed by atoms with Crippen LogP contribution in [0.1, 0.15) is 68.1 Å². The van der Waals surface area contributed by atoms with Crippen molar-refractivity contribution in [2.24, 2.45) is 0 Å². The first-order chi connectivity index (χ1) is 19.0. The quantitative estimate of drug-likeness (QED) is 0.485. The van der Waals surface area contributed by atoms with E-state index in [0.29, 0.717) is 55.3 Å². The number of aromatic nitrogens is 2. The molecule has 218 valence electrons. The van der Waals surface area contributed by atoms with Crippen molar-refractivity contribution in [2.75, 3.05) is 31.6 Å². The van der Waals surface area contributed by atoms with E-state index < -0.39 is 29.6 Å². The summed E-state index contributed by atoms with van der Waals surface area (Å²) in [6, 6.07) is 6.33. The Bertz CT molecular complexity index is 1240. The molecule has 2 aliphatic heterocycles. The lowest BCUT2D eigenvalue weighted by atomic mass is 10.0. The maximum Gasteiger partial charge on any atom is 0.407 e. The molecular weight excluding hydrogens is 538 g/mol. The van der Waals surface area contributed by atoms with Crippen molar-refractivity contribution in [3.8, 4) is 0 Å². The predicted molar refractivity (Wildman–Crippen MR) is 150 cm³/mol. The van der Waals surface area contributed by atoms with Crippen LogP contribution >= 0.6 is 11.6 Å². The normalized spacial score (nSPS) is 19.5. The third-order valence-electron chi connectivity index (χ3n) is 7.04. The van der Waals surface area contributed by atoms with E-state index in [1.165, 1.54) is 4.90 Å². The molecule has 1 aromatic carbocycles. The van der Waals surface area contributed by atoms with Gasteiger partial charge in [0.15, 0.2) is 5.69 Å². The molecule has 0 radical (unpaired) electrons. The molecule has 40 heavy (non-hydrogen) atoms. The lowest BCUT2D eigenvalue weighted by molar-refractivity contribution is -0.141. The summed E-state index contributed by atoms with van der Waals surface area (Å²) in [6.07, 6.45) is 2.40. The van der Waals surface area contributed by atoms with E-state index >= 15 is 0 Å². The van der Waals surface area contributed by atoms with E-state index in [9.17, 15) is 19.5 Å². The molecule has 2 aromatic rings. The number of nitrogens with one attached hydrogen (secondary N) is 1. The van der Waals surface area contributed by atoms with Gasteiger partial charge in [0.2, 0.25) is 0 Å². The molecule has 2 amide bonds. The number of methoxy groups -OCH3 is 1. The lowest BCUT2D eigenvalue weighted by Crippen LogP contribution is -2.49. The highest BCUT2D eigenvalue weighted by Gasteiger charge is 2.38. The standard InChI is InChI=1S/C28H38ClN5O6/c1-28(2,3)40-27(38)30-19-10-7-13-32(16-19)24-20(15-18-9-5-6-11-21(18)29)23(31-34(24)17-39-4)25(35)33-14-8-12-22(33)26(36)37/h5-6,9,11,19,22H,7-8,10,12-17H2,1-4H3,(H,30,38)(H,36,37)/t19-,22?/m1/s1. The minimum atomic E-state index is -1.03. The minimum absolute atomic E-state index is 0.0845. The highest BCUT2D eigenvalue weighted by molar-refractivity contribution is 6.31. The van der Waals surface area contributed by atoms with Gasteiger partial charge in [-0.3, -0.25) is 4.79 Å². The molecule has 3 heterocycles. The molecule has 0 bridgehead atoms. The average Bonchev–Trinajstić information content (AvgIpc) is 3.50. The van der Waals surface area contributed by atoms with Gasteiger partial charge in [0.1, 0.15) is 24.2 Å². The van der Waals surface area contributed by atoms with Crippen LogP contribution in [0.4, 0.5) is 10.6 Å². The van der Waals surface area contributed by atoms with Crippen molar-refractivity contribution >= 4 is 35.4 Å². The number of carbonyl (C=O) groups excluding carboxylic acids is 2. The van der Waals surface area contributed by atoms with Crippen LogP contribution in [0.5, 0.6) is 0 Å². The van der Waals surface area contributed by atoms with Crippen molar-refractivity contribution in [2.45, 2.75) is 77.3 Å². The van der Waals surface area contributed by atoms with Crippen LogP contribution < -0.4 is 10.2 Å². The Hall–Kier alpha value is -3.31. The van der Waals surface area contributed by atoms with Gasteiger partial charge in [0, 0.05) is 49.8 Å². The summed E-state index contributed by atoms with van der Waals surface area (Å²) in [5.74, 6) is -0.766. The third-order valence-corrected chi connectivity index (χ3v) is 7.41. The van der Waals surface area contributed by atoms with Crippen LogP contribution in [-0.4, -0.2) is 82.2 Å². The summed E-state index contributed by atoms with van der Waals surface area (Å²) in [5, 5.41) is 17.9. The number of alkyl carbamates (subject to hydrolysis) is 1. The zero-order valence-corrected chi connectivity index (χ0v) is 24.2. The minimum Gasteiger partial charge on any atom is -0.480 e. The first-order valence-electron chi connectivity index (χ1n) is 13.6. The van der Waals surface area contributed by atoms with E-state index in [0.717, 1.165) is 18.4 Å². The Morgan fingerprint density at radius 3 is 2.55 bits per heavy atom. The molecule has 0 aliphatic carbocycles. The summed E-state index contributed by atoms with van der Waals surface area (Å²) >= 11 is 6.54. The average molecular weight is 576 g/mol. The Morgan fingerprint density at radius 2 is 1.88 bits per heavy atom. The Labute approximate surface area is 239 Å². The summed E-state index contributed by atoms with van der Waals surface area (Å²) in [4.78, 5) is 41.8.